The molecule has 0 bridgehead atoms. The van der Waals surface area contributed by atoms with Gasteiger partial charge in [-0.1, -0.05) is 0 Å². The Morgan fingerprint density at radius 1 is 1.23 bits per heavy atom. The summed E-state index contributed by atoms with van der Waals surface area (Å²) < 4.78 is 22.6. The van der Waals surface area contributed by atoms with E-state index in [1.54, 1.807) is 13.1 Å². The van der Waals surface area contributed by atoms with E-state index in [1.807, 2.05) is 0 Å². The fourth-order valence-corrected chi connectivity index (χ4v) is 4.21. The van der Waals surface area contributed by atoms with Crippen LogP contribution in [0.3, 0.4) is 0 Å². The van der Waals surface area contributed by atoms with Gasteiger partial charge in [0.1, 0.15) is 35.8 Å². The normalized spacial score (nSPS) is 46.4. The van der Waals surface area contributed by atoms with Gasteiger partial charge in [-0.25, -0.2) is 0 Å². The SMILES string of the molecule is CN[C@@H]1[C@@H](O)[C@@H](O[C@H]2C(=O)C[C@H](N)[C@@H](O[C@H]3OC(CN)=CC[C@H]3N)[C@@H]2O)OC[C@]1(C)O. The second-order valence-electron chi connectivity index (χ2n) is 8.54. The zero-order valence-electron chi connectivity index (χ0n) is 17.7. The lowest BCUT2D eigenvalue weighted by atomic mass is 9.86. The van der Waals surface area contributed by atoms with Gasteiger partial charge in [0.25, 0.3) is 0 Å². The molecular formula is C19H34N4O8. The number of aliphatic hydroxyl groups excluding tert-OH is 2. The van der Waals surface area contributed by atoms with Gasteiger partial charge in [-0.05, 0) is 26.5 Å². The van der Waals surface area contributed by atoms with Crippen LogP contribution in [0.15, 0.2) is 11.8 Å². The minimum atomic E-state index is -1.45. The van der Waals surface area contributed by atoms with Crippen LogP contribution in [-0.2, 0) is 23.7 Å². The molecule has 0 amide bonds. The van der Waals surface area contributed by atoms with E-state index in [4.69, 9.17) is 36.1 Å². The van der Waals surface area contributed by atoms with Crippen LogP contribution in [0.5, 0.6) is 0 Å². The third-order valence-electron chi connectivity index (χ3n) is 5.97. The molecule has 12 nitrogen and oxygen atoms in total. The summed E-state index contributed by atoms with van der Waals surface area (Å²) in [6.07, 6.45) is -5.15. The molecule has 12 heteroatoms. The summed E-state index contributed by atoms with van der Waals surface area (Å²) in [5.74, 6) is 0.0590. The van der Waals surface area contributed by atoms with Crippen LogP contribution >= 0.6 is 0 Å². The Labute approximate surface area is 180 Å². The molecule has 0 aromatic rings. The Bertz CT molecular complexity index is 677. The molecule has 2 aliphatic heterocycles. The summed E-state index contributed by atoms with van der Waals surface area (Å²) in [6.45, 7) is 1.54. The van der Waals surface area contributed by atoms with Gasteiger partial charge < -0.3 is 56.8 Å². The van der Waals surface area contributed by atoms with Crippen LogP contribution in [0.4, 0.5) is 0 Å². The molecule has 0 radical (unpaired) electrons. The van der Waals surface area contributed by atoms with Crippen molar-refractivity contribution in [3.8, 4) is 0 Å². The molecule has 1 aliphatic carbocycles. The second-order valence-corrected chi connectivity index (χ2v) is 8.54. The average Bonchev–Trinajstić information content (AvgIpc) is 2.71. The molecule has 3 aliphatic rings. The van der Waals surface area contributed by atoms with Gasteiger partial charge in [0.05, 0.1) is 25.2 Å². The second kappa shape index (κ2) is 9.75. The van der Waals surface area contributed by atoms with Crippen molar-refractivity contribution in [3.05, 3.63) is 11.8 Å². The maximum atomic E-state index is 12.6. The Morgan fingerprint density at radius 3 is 2.58 bits per heavy atom. The number of hydrogen-bond acceptors (Lipinski definition) is 12. The summed E-state index contributed by atoms with van der Waals surface area (Å²) in [4.78, 5) is 12.6. The first-order valence-corrected chi connectivity index (χ1v) is 10.4. The van der Waals surface area contributed by atoms with E-state index in [9.17, 15) is 20.1 Å². The number of Topliss-reactive ketones (excluding diaryl/α,β-unsaturated/α-hetero) is 1. The summed E-state index contributed by atoms with van der Waals surface area (Å²) in [6, 6.07) is -2.09. The summed E-state index contributed by atoms with van der Waals surface area (Å²) in [7, 11) is 1.58. The number of hydrogen-bond donors (Lipinski definition) is 7. The molecule has 1 saturated heterocycles. The fourth-order valence-electron chi connectivity index (χ4n) is 4.21. The number of likely N-dealkylation sites (N-methyl/N-ethyl adjacent to an activating group) is 1. The van der Waals surface area contributed by atoms with Crippen molar-refractivity contribution >= 4 is 5.78 Å². The topological polar surface area (TPSA) is 205 Å². The van der Waals surface area contributed by atoms with E-state index >= 15 is 0 Å². The van der Waals surface area contributed by atoms with Gasteiger partial charge >= 0.3 is 0 Å². The van der Waals surface area contributed by atoms with Gasteiger partial charge in [0.2, 0.25) is 6.29 Å². The Hall–Kier alpha value is -1.19. The van der Waals surface area contributed by atoms with Gasteiger partial charge in [-0.2, -0.15) is 0 Å². The number of nitrogens with two attached hydrogens (primary N) is 3. The van der Waals surface area contributed by atoms with Crippen LogP contribution in [-0.4, -0.2) is 102 Å². The van der Waals surface area contributed by atoms with Gasteiger partial charge in [0, 0.05) is 12.5 Å². The Kier molecular flexibility index (Phi) is 7.69. The number of carbonyl (C=O) groups is 1. The molecule has 0 aromatic heterocycles. The van der Waals surface area contributed by atoms with Crippen molar-refractivity contribution in [2.45, 2.75) is 80.5 Å². The molecule has 0 spiro atoms. The van der Waals surface area contributed by atoms with E-state index in [-0.39, 0.29) is 19.6 Å². The number of ketones is 1. The van der Waals surface area contributed by atoms with E-state index in [1.165, 1.54) is 6.92 Å². The molecule has 31 heavy (non-hydrogen) atoms. The molecule has 10 N–H and O–H groups in total. The van der Waals surface area contributed by atoms with Crippen molar-refractivity contribution in [1.29, 1.82) is 0 Å². The molecule has 0 aromatic carbocycles. The summed E-state index contributed by atoms with van der Waals surface area (Å²) in [5.41, 5.74) is 16.4. The van der Waals surface area contributed by atoms with Gasteiger partial charge in [-0.3, -0.25) is 4.79 Å². The first-order chi connectivity index (χ1) is 14.6. The number of rotatable bonds is 6. The van der Waals surface area contributed by atoms with E-state index in [0.717, 1.165) is 0 Å². The lowest BCUT2D eigenvalue weighted by Gasteiger charge is -2.46. The highest BCUT2D eigenvalue weighted by atomic mass is 16.7. The van der Waals surface area contributed by atoms with Gasteiger partial charge in [0.15, 0.2) is 12.1 Å². The highest BCUT2D eigenvalue weighted by Crippen LogP contribution is 2.30. The minimum Gasteiger partial charge on any atom is -0.467 e. The fraction of sp³-hybridized carbons (Fsp3) is 0.842. The van der Waals surface area contributed by atoms with E-state index in [0.29, 0.717) is 12.2 Å². The predicted molar refractivity (Wildman–Crippen MR) is 107 cm³/mol. The number of aliphatic hydroxyl groups is 3. The molecule has 2 heterocycles. The highest BCUT2D eigenvalue weighted by molar-refractivity contribution is 5.85. The molecule has 178 valence electrons. The Balaban J connectivity index is 1.70. The average molecular weight is 447 g/mol. The third-order valence-corrected chi connectivity index (χ3v) is 5.97. The van der Waals surface area contributed by atoms with Crippen LogP contribution in [0.25, 0.3) is 0 Å². The van der Waals surface area contributed by atoms with Crippen molar-refractivity contribution in [2.75, 3.05) is 20.2 Å². The molecule has 2 fully saturated rings. The van der Waals surface area contributed by atoms with Crippen molar-refractivity contribution < 1.29 is 39.1 Å². The van der Waals surface area contributed by atoms with Crippen molar-refractivity contribution in [3.63, 3.8) is 0 Å². The van der Waals surface area contributed by atoms with Gasteiger partial charge in [-0.15, -0.1) is 0 Å². The van der Waals surface area contributed by atoms with Crippen LogP contribution in [0.1, 0.15) is 19.8 Å². The first kappa shape index (κ1) is 24.5. The molecule has 0 unspecified atom stereocenters. The van der Waals surface area contributed by atoms with E-state index < -0.39 is 66.5 Å². The monoisotopic (exact) mass is 446 g/mol. The zero-order chi connectivity index (χ0) is 22.9. The molecule has 1 saturated carbocycles. The lowest BCUT2D eigenvalue weighted by molar-refractivity contribution is -0.294. The summed E-state index contributed by atoms with van der Waals surface area (Å²) in [5, 5.41) is 34.6. The minimum absolute atomic E-state index is 0.121. The molecule has 3 rings (SSSR count). The standard InChI is InChI=1S/C19H34N4O8/c1-19(27)7-28-18(13(26)16(19)23-2)31-15-11(24)5-10(22)14(12(15)25)30-17-9(21)4-3-8(6-20)29-17/h3,9-10,12-18,23,25-27H,4-7,20-22H2,1-2H3/t9-,10+,12+,13-,14-,15+,16-,17-,18-,19+/m1/s1. The largest absolute Gasteiger partial charge is 0.467 e. The maximum absolute atomic E-state index is 12.6. The molecule has 10 atom stereocenters. The van der Waals surface area contributed by atoms with Crippen molar-refractivity contribution in [1.82, 2.24) is 5.32 Å². The smallest absolute Gasteiger partial charge is 0.215 e. The van der Waals surface area contributed by atoms with E-state index in [2.05, 4.69) is 5.32 Å². The zero-order valence-corrected chi connectivity index (χ0v) is 17.7. The maximum Gasteiger partial charge on any atom is 0.215 e. The van der Waals surface area contributed by atoms with Crippen LogP contribution in [0.2, 0.25) is 0 Å². The number of nitrogens with one attached hydrogen (secondary N) is 1. The summed E-state index contributed by atoms with van der Waals surface area (Å²) >= 11 is 0. The third kappa shape index (κ3) is 5.09. The van der Waals surface area contributed by atoms with Crippen molar-refractivity contribution in [2.24, 2.45) is 17.2 Å². The van der Waals surface area contributed by atoms with Crippen LogP contribution in [0, 0.1) is 0 Å². The number of ether oxygens (including phenoxy) is 4. The van der Waals surface area contributed by atoms with Crippen LogP contribution < -0.4 is 22.5 Å². The number of carbonyl (C=O) groups excluding carboxylic acids is 1. The molecular weight excluding hydrogens is 412 g/mol. The predicted octanol–water partition coefficient (Wildman–Crippen LogP) is -3.61. The first-order valence-electron chi connectivity index (χ1n) is 10.4. The highest BCUT2D eigenvalue weighted by Gasteiger charge is 2.51. The Morgan fingerprint density at radius 2 is 1.94 bits per heavy atom. The lowest BCUT2D eigenvalue weighted by Crippen LogP contribution is -2.67. The quantitative estimate of drug-likeness (QED) is 0.211.